The van der Waals surface area contributed by atoms with E-state index in [0.29, 0.717) is 17.9 Å². The molecule has 0 radical (unpaired) electrons. The number of carbonyl (C=O) groups is 1. The minimum absolute atomic E-state index is 0.293. The molecular formula is C10H17NO. The molecule has 2 fully saturated rings. The molecule has 2 saturated carbocycles. The number of nitrogens with one attached hydrogen (secondary N) is 1. The van der Waals surface area contributed by atoms with Crippen LogP contribution in [-0.4, -0.2) is 11.9 Å². The van der Waals surface area contributed by atoms with Gasteiger partial charge in [0.05, 0.1) is 0 Å². The van der Waals surface area contributed by atoms with E-state index in [2.05, 4.69) is 5.32 Å². The second kappa shape index (κ2) is 2.75. The molecule has 2 aliphatic rings. The van der Waals surface area contributed by atoms with Crippen LogP contribution in [0.25, 0.3) is 0 Å². The van der Waals surface area contributed by atoms with Crippen molar-refractivity contribution in [2.45, 2.75) is 39.2 Å². The average molecular weight is 167 g/mol. The molecule has 0 aromatic carbocycles. The Morgan fingerprint density at radius 3 is 2.58 bits per heavy atom. The highest BCUT2D eigenvalue weighted by molar-refractivity contribution is 5.81. The van der Waals surface area contributed by atoms with Gasteiger partial charge in [-0.15, -0.1) is 0 Å². The van der Waals surface area contributed by atoms with Crippen LogP contribution in [0.2, 0.25) is 0 Å². The Bertz CT molecular complexity index is 196. The average Bonchev–Trinajstić information content (AvgIpc) is 2.81. The normalized spacial score (nSPS) is 33.6. The summed E-state index contributed by atoms with van der Waals surface area (Å²) in [5.74, 6) is 2.33. The third-order valence-electron chi connectivity index (χ3n) is 2.84. The van der Waals surface area contributed by atoms with E-state index in [0.717, 1.165) is 18.3 Å². The number of rotatable bonds is 3. The highest BCUT2D eigenvalue weighted by Crippen LogP contribution is 2.54. The third kappa shape index (κ3) is 1.62. The lowest BCUT2D eigenvalue weighted by Crippen LogP contribution is -2.31. The van der Waals surface area contributed by atoms with Crippen molar-refractivity contribution in [1.29, 1.82) is 0 Å². The summed E-state index contributed by atoms with van der Waals surface area (Å²) >= 11 is 0. The summed E-state index contributed by atoms with van der Waals surface area (Å²) in [6.45, 7) is 4.04. The summed E-state index contributed by atoms with van der Waals surface area (Å²) in [7, 11) is 0. The predicted molar refractivity (Wildman–Crippen MR) is 47.6 cm³/mol. The highest BCUT2D eigenvalue weighted by atomic mass is 16.2. The van der Waals surface area contributed by atoms with E-state index in [-0.39, 0.29) is 0 Å². The Morgan fingerprint density at radius 1 is 1.42 bits per heavy atom. The standard InChI is InChI=1S/C10H17NO/c1-6(2)11-10(12)9-5-8(9)7-3-4-7/h6-9H,3-5H2,1-2H3,(H,11,12)/t8-,9-/m0/s1. The lowest BCUT2D eigenvalue weighted by molar-refractivity contribution is -0.123. The lowest BCUT2D eigenvalue weighted by atomic mass is 10.2. The molecule has 1 N–H and O–H groups in total. The first-order valence-corrected chi connectivity index (χ1v) is 4.99. The van der Waals surface area contributed by atoms with Gasteiger partial charge in [-0.05, 0) is 44.9 Å². The van der Waals surface area contributed by atoms with Crippen LogP contribution >= 0.6 is 0 Å². The predicted octanol–water partition coefficient (Wildman–Crippen LogP) is 1.56. The van der Waals surface area contributed by atoms with Crippen molar-refractivity contribution < 1.29 is 4.79 Å². The minimum Gasteiger partial charge on any atom is -0.354 e. The molecule has 0 aliphatic heterocycles. The maximum Gasteiger partial charge on any atom is 0.223 e. The fourth-order valence-corrected chi connectivity index (χ4v) is 1.95. The van der Waals surface area contributed by atoms with Crippen molar-refractivity contribution in [3.8, 4) is 0 Å². The van der Waals surface area contributed by atoms with Gasteiger partial charge in [-0.3, -0.25) is 4.79 Å². The SMILES string of the molecule is CC(C)NC(=O)[C@H]1C[C@H]1C1CC1. The van der Waals surface area contributed by atoms with Crippen LogP contribution in [0, 0.1) is 17.8 Å². The van der Waals surface area contributed by atoms with E-state index in [9.17, 15) is 4.79 Å². The van der Waals surface area contributed by atoms with Gasteiger partial charge in [0.15, 0.2) is 0 Å². The fourth-order valence-electron chi connectivity index (χ4n) is 1.95. The van der Waals surface area contributed by atoms with Crippen LogP contribution < -0.4 is 5.32 Å². The molecule has 0 spiro atoms. The van der Waals surface area contributed by atoms with E-state index in [4.69, 9.17) is 0 Å². The van der Waals surface area contributed by atoms with E-state index in [1.807, 2.05) is 13.8 Å². The Labute approximate surface area is 73.7 Å². The molecule has 68 valence electrons. The van der Waals surface area contributed by atoms with Gasteiger partial charge in [0.1, 0.15) is 0 Å². The lowest BCUT2D eigenvalue weighted by Gasteiger charge is -2.07. The van der Waals surface area contributed by atoms with Crippen molar-refractivity contribution in [3.05, 3.63) is 0 Å². The van der Waals surface area contributed by atoms with Crippen LogP contribution in [0.4, 0.5) is 0 Å². The summed E-state index contributed by atoms with van der Waals surface area (Å²) < 4.78 is 0. The molecule has 2 rings (SSSR count). The Balaban J connectivity index is 1.75. The fraction of sp³-hybridized carbons (Fsp3) is 0.900. The molecule has 2 nitrogen and oxygen atoms in total. The Kier molecular flexibility index (Phi) is 1.85. The summed E-state index contributed by atoms with van der Waals surface area (Å²) in [5.41, 5.74) is 0. The van der Waals surface area contributed by atoms with Crippen LogP contribution in [0.15, 0.2) is 0 Å². The number of amides is 1. The maximum atomic E-state index is 11.4. The first-order valence-electron chi connectivity index (χ1n) is 4.99. The molecule has 1 amide bonds. The molecule has 2 aliphatic carbocycles. The van der Waals surface area contributed by atoms with Gasteiger partial charge in [-0.1, -0.05) is 0 Å². The molecule has 0 unspecified atom stereocenters. The van der Waals surface area contributed by atoms with E-state index >= 15 is 0 Å². The molecule has 0 heterocycles. The molecule has 0 saturated heterocycles. The quantitative estimate of drug-likeness (QED) is 0.679. The Morgan fingerprint density at radius 2 is 2.08 bits per heavy atom. The smallest absolute Gasteiger partial charge is 0.223 e. The largest absolute Gasteiger partial charge is 0.354 e. The molecule has 0 aromatic rings. The zero-order valence-corrected chi connectivity index (χ0v) is 7.84. The summed E-state index contributed by atoms with van der Waals surface area (Å²) in [6.07, 6.45) is 3.90. The van der Waals surface area contributed by atoms with Crippen molar-refractivity contribution in [1.82, 2.24) is 5.32 Å². The highest BCUT2D eigenvalue weighted by Gasteiger charge is 2.50. The number of hydrogen-bond donors (Lipinski definition) is 1. The minimum atomic E-state index is 0.293. The third-order valence-corrected chi connectivity index (χ3v) is 2.84. The summed E-state index contributed by atoms with van der Waals surface area (Å²) in [5, 5.41) is 2.98. The Hall–Kier alpha value is -0.530. The van der Waals surface area contributed by atoms with Gasteiger partial charge < -0.3 is 5.32 Å². The van der Waals surface area contributed by atoms with Crippen LogP contribution in [0.5, 0.6) is 0 Å². The topological polar surface area (TPSA) is 29.1 Å². The number of hydrogen-bond acceptors (Lipinski definition) is 1. The molecule has 12 heavy (non-hydrogen) atoms. The van der Waals surface area contributed by atoms with Crippen molar-refractivity contribution in [2.75, 3.05) is 0 Å². The maximum absolute atomic E-state index is 11.4. The molecular weight excluding hydrogens is 150 g/mol. The van der Waals surface area contributed by atoms with Gasteiger partial charge in [-0.25, -0.2) is 0 Å². The van der Waals surface area contributed by atoms with E-state index in [1.165, 1.54) is 12.8 Å². The second-order valence-electron chi connectivity index (χ2n) is 4.51. The zero-order valence-electron chi connectivity index (χ0n) is 7.84. The van der Waals surface area contributed by atoms with E-state index < -0.39 is 0 Å². The first-order chi connectivity index (χ1) is 5.68. The van der Waals surface area contributed by atoms with Crippen LogP contribution in [0.1, 0.15) is 33.1 Å². The van der Waals surface area contributed by atoms with Crippen molar-refractivity contribution in [3.63, 3.8) is 0 Å². The van der Waals surface area contributed by atoms with Crippen molar-refractivity contribution in [2.24, 2.45) is 17.8 Å². The van der Waals surface area contributed by atoms with Gasteiger partial charge in [0.2, 0.25) is 5.91 Å². The zero-order chi connectivity index (χ0) is 8.72. The molecule has 2 atom stereocenters. The van der Waals surface area contributed by atoms with Crippen LogP contribution in [-0.2, 0) is 4.79 Å². The van der Waals surface area contributed by atoms with Gasteiger partial charge in [-0.2, -0.15) is 0 Å². The second-order valence-corrected chi connectivity index (χ2v) is 4.51. The summed E-state index contributed by atoms with van der Waals surface area (Å²) in [6, 6.07) is 0.304. The van der Waals surface area contributed by atoms with Gasteiger partial charge in [0, 0.05) is 12.0 Å². The molecule has 0 bridgehead atoms. The molecule has 0 aromatic heterocycles. The number of carbonyl (C=O) groups excluding carboxylic acids is 1. The van der Waals surface area contributed by atoms with Crippen molar-refractivity contribution >= 4 is 5.91 Å². The summed E-state index contributed by atoms with van der Waals surface area (Å²) in [4.78, 5) is 11.4. The van der Waals surface area contributed by atoms with E-state index in [1.54, 1.807) is 0 Å². The first kappa shape index (κ1) is 8.09. The van der Waals surface area contributed by atoms with Crippen LogP contribution in [0.3, 0.4) is 0 Å². The van der Waals surface area contributed by atoms with Gasteiger partial charge >= 0.3 is 0 Å². The molecule has 2 heteroatoms. The monoisotopic (exact) mass is 167 g/mol. The van der Waals surface area contributed by atoms with Gasteiger partial charge in [0.25, 0.3) is 0 Å².